The van der Waals surface area contributed by atoms with E-state index in [-0.39, 0.29) is 18.2 Å². The van der Waals surface area contributed by atoms with Crippen molar-refractivity contribution in [3.05, 3.63) is 34.3 Å². The Morgan fingerprint density at radius 1 is 1.42 bits per heavy atom. The number of benzene rings is 1. The highest BCUT2D eigenvalue weighted by atomic mass is 32.1. The molecule has 1 atom stereocenters. The van der Waals surface area contributed by atoms with E-state index in [9.17, 15) is 9.59 Å². The minimum absolute atomic E-state index is 0.0294. The van der Waals surface area contributed by atoms with Gasteiger partial charge in [0.05, 0.1) is 19.1 Å². The maximum Gasteiger partial charge on any atom is 0.339 e. The van der Waals surface area contributed by atoms with Crippen LogP contribution in [0.5, 0.6) is 5.75 Å². The molecule has 126 valence electrons. The Hall–Kier alpha value is -2.48. The van der Waals surface area contributed by atoms with Gasteiger partial charge in [0.1, 0.15) is 16.9 Å². The van der Waals surface area contributed by atoms with E-state index >= 15 is 0 Å². The van der Waals surface area contributed by atoms with E-state index in [0.717, 1.165) is 5.01 Å². The molecular formula is C16H17N3O4S. The molecule has 1 aliphatic heterocycles. The molecule has 3 rings (SSSR count). The van der Waals surface area contributed by atoms with Crippen LogP contribution >= 0.6 is 11.3 Å². The average molecular weight is 347 g/mol. The van der Waals surface area contributed by atoms with Gasteiger partial charge in [0, 0.05) is 11.5 Å². The summed E-state index contributed by atoms with van der Waals surface area (Å²) in [5.41, 5.74) is 1.13. The molecule has 0 saturated heterocycles. The molecule has 1 aromatic heterocycles. The molecule has 2 aromatic rings. The van der Waals surface area contributed by atoms with Crippen molar-refractivity contribution in [2.75, 3.05) is 12.4 Å². The van der Waals surface area contributed by atoms with Gasteiger partial charge in [-0.25, -0.2) is 4.79 Å². The Bertz CT molecular complexity index is 787. The molecule has 1 amide bonds. The van der Waals surface area contributed by atoms with Gasteiger partial charge < -0.3 is 14.8 Å². The predicted octanol–water partition coefficient (Wildman–Crippen LogP) is 2.91. The summed E-state index contributed by atoms with van der Waals surface area (Å²) >= 11 is 1.34. The van der Waals surface area contributed by atoms with Crippen molar-refractivity contribution in [3.8, 4) is 5.75 Å². The maximum atomic E-state index is 12.2. The summed E-state index contributed by atoms with van der Waals surface area (Å²) in [5, 5.41) is 12.0. The van der Waals surface area contributed by atoms with Gasteiger partial charge in [-0.15, -0.1) is 10.2 Å². The predicted molar refractivity (Wildman–Crippen MR) is 88.4 cm³/mol. The van der Waals surface area contributed by atoms with E-state index in [1.165, 1.54) is 18.4 Å². The fraction of sp³-hybridized carbons (Fsp3) is 0.375. The van der Waals surface area contributed by atoms with E-state index in [4.69, 9.17) is 9.47 Å². The number of ether oxygens (including phenoxy) is 2. The molecule has 1 aliphatic rings. The van der Waals surface area contributed by atoms with Gasteiger partial charge in [-0.05, 0) is 12.1 Å². The molecule has 0 fully saturated rings. The summed E-state index contributed by atoms with van der Waals surface area (Å²) in [7, 11) is 1.53. The fourth-order valence-electron chi connectivity index (χ4n) is 2.38. The standard InChI is InChI=1S/C16H17N3O4S/c1-8(2)14-18-19-16(24-14)17-13(20)7-12-10-5-4-9(22-3)6-11(10)15(21)23-12/h4-6,8,12H,7H2,1-3H3,(H,17,19,20). The van der Waals surface area contributed by atoms with E-state index in [2.05, 4.69) is 15.5 Å². The summed E-state index contributed by atoms with van der Waals surface area (Å²) in [6, 6.07) is 5.11. The number of nitrogens with one attached hydrogen (secondary N) is 1. The first-order valence-electron chi connectivity index (χ1n) is 7.50. The van der Waals surface area contributed by atoms with Gasteiger partial charge >= 0.3 is 5.97 Å². The van der Waals surface area contributed by atoms with Crippen LogP contribution in [-0.4, -0.2) is 29.2 Å². The number of cyclic esters (lactones) is 1. The summed E-state index contributed by atoms with van der Waals surface area (Å²) in [6.07, 6.45) is -0.572. The first-order valence-corrected chi connectivity index (χ1v) is 8.31. The molecule has 8 heteroatoms. The first-order chi connectivity index (χ1) is 11.5. The molecule has 0 radical (unpaired) electrons. The summed E-state index contributed by atoms with van der Waals surface area (Å²) in [6.45, 7) is 4.02. The first kappa shape index (κ1) is 16.4. The normalized spacial score (nSPS) is 16.0. The van der Waals surface area contributed by atoms with Gasteiger partial charge in [-0.2, -0.15) is 0 Å². The van der Waals surface area contributed by atoms with Crippen LogP contribution in [0.15, 0.2) is 18.2 Å². The minimum Gasteiger partial charge on any atom is -0.497 e. The lowest BCUT2D eigenvalue weighted by Gasteiger charge is -2.10. The van der Waals surface area contributed by atoms with Crippen molar-refractivity contribution in [2.24, 2.45) is 0 Å². The number of carbonyl (C=O) groups is 2. The number of aromatic nitrogens is 2. The van der Waals surface area contributed by atoms with Crippen molar-refractivity contribution in [1.29, 1.82) is 0 Å². The third kappa shape index (κ3) is 3.23. The highest BCUT2D eigenvalue weighted by molar-refractivity contribution is 7.15. The van der Waals surface area contributed by atoms with Crippen molar-refractivity contribution in [2.45, 2.75) is 32.3 Å². The average Bonchev–Trinajstić information content (AvgIpc) is 3.13. The van der Waals surface area contributed by atoms with E-state index in [1.54, 1.807) is 18.2 Å². The number of hydrogen-bond donors (Lipinski definition) is 1. The quantitative estimate of drug-likeness (QED) is 0.836. The molecule has 1 unspecified atom stereocenters. The van der Waals surface area contributed by atoms with Gasteiger partial charge in [0.15, 0.2) is 0 Å². The number of carbonyl (C=O) groups excluding carboxylic acids is 2. The number of fused-ring (bicyclic) bond motifs is 1. The maximum absolute atomic E-state index is 12.2. The number of methoxy groups -OCH3 is 1. The number of amides is 1. The van der Waals surface area contributed by atoms with Crippen LogP contribution in [0.1, 0.15) is 53.2 Å². The number of rotatable bonds is 5. The number of hydrogen-bond acceptors (Lipinski definition) is 7. The number of nitrogens with zero attached hydrogens (tertiary/aromatic N) is 2. The summed E-state index contributed by atoms with van der Waals surface area (Å²) < 4.78 is 10.4. The van der Waals surface area contributed by atoms with Crippen molar-refractivity contribution in [3.63, 3.8) is 0 Å². The van der Waals surface area contributed by atoms with E-state index in [0.29, 0.717) is 22.0 Å². The molecule has 1 aromatic carbocycles. The van der Waals surface area contributed by atoms with Crippen LogP contribution in [0.2, 0.25) is 0 Å². The second kappa shape index (κ2) is 6.56. The van der Waals surface area contributed by atoms with Crippen LogP contribution in [0.3, 0.4) is 0 Å². The summed E-state index contributed by atoms with van der Waals surface area (Å²) in [4.78, 5) is 24.1. The lowest BCUT2D eigenvalue weighted by molar-refractivity contribution is -0.118. The van der Waals surface area contributed by atoms with Gasteiger partial charge in [0.25, 0.3) is 0 Å². The monoisotopic (exact) mass is 347 g/mol. The third-order valence-corrected chi connectivity index (χ3v) is 4.77. The third-order valence-electron chi connectivity index (χ3n) is 3.63. The second-order valence-corrected chi connectivity index (χ2v) is 6.71. The van der Waals surface area contributed by atoms with Crippen LogP contribution in [-0.2, 0) is 9.53 Å². The summed E-state index contributed by atoms with van der Waals surface area (Å²) in [5.74, 6) is 0.110. The molecule has 2 heterocycles. The lowest BCUT2D eigenvalue weighted by atomic mass is 10.0. The zero-order chi connectivity index (χ0) is 17.3. The lowest BCUT2D eigenvalue weighted by Crippen LogP contribution is -2.15. The molecule has 0 aliphatic carbocycles. The second-order valence-electron chi connectivity index (χ2n) is 5.70. The van der Waals surface area contributed by atoms with Crippen LogP contribution in [0.4, 0.5) is 5.13 Å². The number of anilines is 1. The molecule has 0 spiro atoms. The smallest absolute Gasteiger partial charge is 0.339 e. The Balaban J connectivity index is 1.68. The van der Waals surface area contributed by atoms with Crippen molar-refractivity contribution >= 4 is 28.3 Å². The van der Waals surface area contributed by atoms with Crippen LogP contribution in [0.25, 0.3) is 0 Å². The van der Waals surface area contributed by atoms with Crippen LogP contribution < -0.4 is 10.1 Å². The zero-order valence-corrected chi connectivity index (χ0v) is 14.3. The molecule has 24 heavy (non-hydrogen) atoms. The Morgan fingerprint density at radius 2 is 2.21 bits per heavy atom. The SMILES string of the molecule is COc1ccc2c(c1)C(=O)OC2CC(=O)Nc1nnc(C(C)C)s1. The Morgan fingerprint density at radius 3 is 2.88 bits per heavy atom. The topological polar surface area (TPSA) is 90.4 Å². The highest BCUT2D eigenvalue weighted by Gasteiger charge is 2.33. The van der Waals surface area contributed by atoms with Crippen LogP contribution in [0, 0.1) is 0 Å². The molecular weight excluding hydrogens is 330 g/mol. The Labute approximate surface area is 143 Å². The molecule has 7 nitrogen and oxygen atoms in total. The molecule has 0 saturated carbocycles. The molecule has 0 bridgehead atoms. The van der Waals surface area contributed by atoms with Gasteiger partial charge in [0.2, 0.25) is 11.0 Å². The van der Waals surface area contributed by atoms with Gasteiger partial charge in [-0.3, -0.25) is 4.79 Å². The largest absolute Gasteiger partial charge is 0.497 e. The Kier molecular flexibility index (Phi) is 4.48. The van der Waals surface area contributed by atoms with Gasteiger partial charge in [-0.1, -0.05) is 31.3 Å². The zero-order valence-electron chi connectivity index (χ0n) is 13.5. The van der Waals surface area contributed by atoms with E-state index < -0.39 is 12.1 Å². The molecule has 1 N–H and O–H groups in total. The number of esters is 1. The minimum atomic E-state index is -0.601. The van der Waals surface area contributed by atoms with Crippen molar-refractivity contribution in [1.82, 2.24) is 10.2 Å². The van der Waals surface area contributed by atoms with Crippen molar-refractivity contribution < 1.29 is 19.1 Å². The fourth-order valence-corrected chi connectivity index (χ4v) is 3.15. The van der Waals surface area contributed by atoms with E-state index in [1.807, 2.05) is 13.8 Å². The highest BCUT2D eigenvalue weighted by Crippen LogP contribution is 2.35.